The van der Waals surface area contributed by atoms with Gasteiger partial charge in [0.15, 0.2) is 0 Å². The highest BCUT2D eigenvalue weighted by atomic mass is 32.2. The van der Waals surface area contributed by atoms with Crippen molar-refractivity contribution in [3.63, 3.8) is 0 Å². The van der Waals surface area contributed by atoms with Gasteiger partial charge in [-0.2, -0.15) is 0 Å². The van der Waals surface area contributed by atoms with E-state index in [2.05, 4.69) is 5.32 Å². The molecule has 0 spiro atoms. The van der Waals surface area contributed by atoms with E-state index in [0.29, 0.717) is 11.4 Å². The molecule has 3 aromatic carbocycles. The van der Waals surface area contributed by atoms with Crippen molar-refractivity contribution < 1.29 is 22.7 Å². The van der Waals surface area contributed by atoms with Crippen molar-refractivity contribution >= 4 is 27.5 Å². The van der Waals surface area contributed by atoms with E-state index >= 15 is 0 Å². The Morgan fingerprint density at radius 2 is 1.62 bits per heavy atom. The van der Waals surface area contributed by atoms with E-state index in [1.54, 1.807) is 24.3 Å². The fourth-order valence-electron chi connectivity index (χ4n) is 4.28. The Labute approximate surface area is 231 Å². The number of hydrogen-bond acceptors (Lipinski definition) is 5. The van der Waals surface area contributed by atoms with Gasteiger partial charge in [0.1, 0.15) is 18.3 Å². The molecule has 0 saturated heterocycles. The van der Waals surface area contributed by atoms with Crippen LogP contribution >= 0.6 is 0 Å². The van der Waals surface area contributed by atoms with Crippen LogP contribution in [0.5, 0.6) is 5.75 Å². The lowest BCUT2D eigenvalue weighted by molar-refractivity contribution is -0.140. The second kappa shape index (κ2) is 13.3. The molecular weight excluding hydrogens is 514 g/mol. The van der Waals surface area contributed by atoms with Gasteiger partial charge in [0.05, 0.1) is 19.1 Å². The molecule has 0 bridgehead atoms. The Kier molecular flexibility index (Phi) is 10.1. The summed E-state index contributed by atoms with van der Waals surface area (Å²) in [5.74, 6) is -0.335. The number of rotatable bonds is 12. The smallest absolute Gasteiger partial charge is 0.244 e. The molecule has 0 saturated carbocycles. The molecule has 1 N–H and O–H groups in total. The van der Waals surface area contributed by atoms with E-state index in [0.717, 1.165) is 27.3 Å². The summed E-state index contributed by atoms with van der Waals surface area (Å²) in [5.41, 5.74) is 3.02. The quantitative estimate of drug-likeness (QED) is 0.368. The van der Waals surface area contributed by atoms with Crippen LogP contribution in [-0.2, 0) is 32.6 Å². The average molecular weight is 552 g/mol. The molecule has 0 aliphatic rings. The van der Waals surface area contributed by atoms with Crippen molar-refractivity contribution in [2.75, 3.05) is 24.2 Å². The minimum Gasteiger partial charge on any atom is -0.497 e. The van der Waals surface area contributed by atoms with Crippen molar-refractivity contribution in [2.24, 2.45) is 0 Å². The van der Waals surface area contributed by atoms with Gasteiger partial charge in [-0.1, -0.05) is 60.7 Å². The number of nitrogens with one attached hydrogen (secondary N) is 1. The molecule has 2 amide bonds. The highest BCUT2D eigenvalue weighted by Gasteiger charge is 2.33. The summed E-state index contributed by atoms with van der Waals surface area (Å²) in [4.78, 5) is 29.1. The summed E-state index contributed by atoms with van der Waals surface area (Å²) in [6, 6.07) is 22.6. The molecule has 0 aromatic heterocycles. The zero-order valence-electron chi connectivity index (χ0n) is 23.1. The molecule has 0 unspecified atom stereocenters. The molecule has 0 aliphatic heterocycles. The SMILES string of the molecule is COc1cccc(N(CC(=O)N(Cc2ccccc2C)[C@H](Cc2ccccc2)C(=O)NC(C)C)S(C)(=O)=O)c1. The standard InChI is InChI=1S/C30H37N3O5S/c1-22(2)31-30(35)28(18-24-13-7-6-8-14-24)32(20-25-15-10-9-12-23(25)3)29(34)21-33(39(5,36)37)26-16-11-17-27(19-26)38-4/h6-17,19,22,28H,18,20-21H2,1-5H3,(H,31,35)/t28-/m1/s1. The van der Waals surface area contributed by atoms with Gasteiger partial charge in [-0.25, -0.2) is 8.42 Å². The van der Waals surface area contributed by atoms with E-state index in [9.17, 15) is 18.0 Å². The van der Waals surface area contributed by atoms with E-state index in [4.69, 9.17) is 4.74 Å². The molecule has 1 atom stereocenters. The van der Waals surface area contributed by atoms with E-state index in [1.807, 2.05) is 75.4 Å². The third-order valence-corrected chi connectivity index (χ3v) is 7.47. The van der Waals surface area contributed by atoms with Crippen LogP contribution in [0.2, 0.25) is 0 Å². The van der Waals surface area contributed by atoms with Gasteiger partial charge in [-0.15, -0.1) is 0 Å². The van der Waals surface area contributed by atoms with Gasteiger partial charge in [0.25, 0.3) is 0 Å². The minimum atomic E-state index is -3.85. The fourth-order valence-corrected chi connectivity index (χ4v) is 5.13. The van der Waals surface area contributed by atoms with E-state index in [1.165, 1.54) is 12.0 Å². The van der Waals surface area contributed by atoms with Crippen molar-refractivity contribution in [2.45, 2.75) is 45.8 Å². The number of hydrogen-bond donors (Lipinski definition) is 1. The second-order valence-electron chi connectivity index (χ2n) is 9.79. The van der Waals surface area contributed by atoms with Crippen LogP contribution < -0.4 is 14.4 Å². The Balaban J connectivity index is 2.07. The number of methoxy groups -OCH3 is 1. The average Bonchev–Trinajstić information content (AvgIpc) is 2.89. The zero-order valence-corrected chi connectivity index (χ0v) is 23.9. The van der Waals surface area contributed by atoms with Crippen LogP contribution in [0.25, 0.3) is 0 Å². The molecule has 0 aliphatic carbocycles. The maximum Gasteiger partial charge on any atom is 0.244 e. The molecule has 9 heteroatoms. The summed E-state index contributed by atoms with van der Waals surface area (Å²) >= 11 is 0. The molecule has 3 aromatic rings. The number of carbonyl (C=O) groups is 2. The minimum absolute atomic E-state index is 0.143. The van der Waals surface area contributed by atoms with Crippen molar-refractivity contribution in [3.8, 4) is 5.75 Å². The molecular formula is C30H37N3O5S. The fraction of sp³-hybridized carbons (Fsp3) is 0.333. The van der Waals surface area contributed by atoms with E-state index in [-0.39, 0.29) is 24.9 Å². The molecule has 0 fully saturated rings. The lowest BCUT2D eigenvalue weighted by Gasteiger charge is -2.34. The van der Waals surface area contributed by atoms with Crippen LogP contribution in [0.15, 0.2) is 78.9 Å². The second-order valence-corrected chi connectivity index (χ2v) is 11.7. The number of nitrogens with zero attached hydrogens (tertiary/aromatic N) is 2. The normalized spacial score (nSPS) is 12.1. The summed E-state index contributed by atoms with van der Waals surface area (Å²) in [6.45, 7) is 5.33. The first-order chi connectivity index (χ1) is 18.5. The van der Waals surface area contributed by atoms with Crippen LogP contribution in [0.4, 0.5) is 5.69 Å². The number of benzene rings is 3. The molecule has 3 rings (SSSR count). The lowest BCUT2D eigenvalue weighted by Crippen LogP contribution is -2.54. The van der Waals surface area contributed by atoms with Gasteiger partial charge in [0.2, 0.25) is 21.8 Å². The number of aryl methyl sites for hydroxylation is 1. The number of anilines is 1. The van der Waals surface area contributed by atoms with Gasteiger partial charge < -0.3 is 15.0 Å². The third-order valence-electron chi connectivity index (χ3n) is 6.32. The highest BCUT2D eigenvalue weighted by Crippen LogP contribution is 2.24. The first-order valence-corrected chi connectivity index (χ1v) is 14.6. The third kappa shape index (κ3) is 8.32. The molecule has 208 valence electrons. The van der Waals surface area contributed by atoms with Crippen LogP contribution in [0, 0.1) is 6.92 Å². The Morgan fingerprint density at radius 1 is 0.949 bits per heavy atom. The molecule has 0 heterocycles. The largest absolute Gasteiger partial charge is 0.497 e. The van der Waals surface area contributed by atoms with Gasteiger partial charge in [-0.05, 0) is 49.6 Å². The number of amides is 2. The summed E-state index contributed by atoms with van der Waals surface area (Å²) in [6.07, 6.45) is 1.33. The topological polar surface area (TPSA) is 96.0 Å². The summed E-state index contributed by atoms with van der Waals surface area (Å²) in [5, 5.41) is 2.95. The van der Waals surface area contributed by atoms with Crippen LogP contribution in [0.1, 0.15) is 30.5 Å². The van der Waals surface area contributed by atoms with Crippen molar-refractivity contribution in [1.82, 2.24) is 10.2 Å². The monoisotopic (exact) mass is 551 g/mol. The maximum absolute atomic E-state index is 14.1. The molecule has 0 radical (unpaired) electrons. The highest BCUT2D eigenvalue weighted by molar-refractivity contribution is 7.92. The summed E-state index contributed by atoms with van der Waals surface area (Å²) in [7, 11) is -2.36. The number of sulfonamides is 1. The maximum atomic E-state index is 14.1. The van der Waals surface area contributed by atoms with E-state index < -0.39 is 28.5 Å². The van der Waals surface area contributed by atoms with Crippen LogP contribution in [-0.4, -0.2) is 57.1 Å². The van der Waals surface area contributed by atoms with Gasteiger partial charge >= 0.3 is 0 Å². The predicted molar refractivity (Wildman–Crippen MR) is 154 cm³/mol. The number of carbonyl (C=O) groups excluding carboxylic acids is 2. The first-order valence-electron chi connectivity index (χ1n) is 12.8. The summed E-state index contributed by atoms with van der Waals surface area (Å²) < 4.78 is 32.1. The Morgan fingerprint density at radius 3 is 2.23 bits per heavy atom. The number of ether oxygens (including phenoxy) is 1. The molecule has 8 nitrogen and oxygen atoms in total. The lowest BCUT2D eigenvalue weighted by atomic mass is 10.0. The molecule has 39 heavy (non-hydrogen) atoms. The Bertz CT molecular complexity index is 1380. The predicted octanol–water partition coefficient (Wildman–Crippen LogP) is 3.93. The van der Waals surface area contributed by atoms with Gasteiger partial charge in [-0.3, -0.25) is 13.9 Å². The first kappa shape index (κ1) is 29.7. The van der Waals surface area contributed by atoms with Crippen molar-refractivity contribution in [1.29, 1.82) is 0 Å². The van der Waals surface area contributed by atoms with Gasteiger partial charge in [0, 0.05) is 25.1 Å². The van der Waals surface area contributed by atoms with Crippen LogP contribution in [0.3, 0.4) is 0 Å². The zero-order chi connectivity index (χ0) is 28.6. The Hall–Kier alpha value is -3.85. The van der Waals surface area contributed by atoms with Crippen molar-refractivity contribution in [3.05, 3.63) is 95.6 Å².